The lowest BCUT2D eigenvalue weighted by atomic mass is 9.98. The third-order valence-electron chi connectivity index (χ3n) is 4.00. The number of para-hydroxylation sites is 2. The molecule has 1 unspecified atom stereocenters. The summed E-state index contributed by atoms with van der Waals surface area (Å²) in [6.45, 7) is 1.71. The predicted octanol–water partition coefficient (Wildman–Crippen LogP) is 2.37. The maximum absolute atomic E-state index is 12.0. The summed E-state index contributed by atoms with van der Waals surface area (Å²) >= 11 is 0. The Balaban J connectivity index is 1.89. The van der Waals surface area contributed by atoms with Gasteiger partial charge in [-0.15, -0.1) is 0 Å². The quantitative estimate of drug-likeness (QED) is 0.459. The van der Waals surface area contributed by atoms with Crippen molar-refractivity contribution in [2.75, 3.05) is 18.4 Å². The topological polar surface area (TPSA) is 122 Å². The van der Waals surface area contributed by atoms with E-state index in [2.05, 4.69) is 10.6 Å². The third-order valence-corrected chi connectivity index (χ3v) is 4.00. The third kappa shape index (κ3) is 6.10. The lowest BCUT2D eigenvalue weighted by Crippen LogP contribution is -2.37. The molecule has 1 atom stereocenters. The zero-order chi connectivity index (χ0) is 19.8. The summed E-state index contributed by atoms with van der Waals surface area (Å²) in [4.78, 5) is 33.9. The zero-order valence-electron chi connectivity index (χ0n) is 14.8. The summed E-state index contributed by atoms with van der Waals surface area (Å²) < 4.78 is 0. The lowest BCUT2D eigenvalue weighted by Gasteiger charge is -2.14. The fraction of sp³-hybridized carbons (Fsp3) is 0.263. The van der Waals surface area contributed by atoms with Gasteiger partial charge in [0.2, 0.25) is 5.91 Å². The summed E-state index contributed by atoms with van der Waals surface area (Å²) in [6.07, 6.45) is 0.300. The molecule has 0 saturated carbocycles. The number of nitrogens with one attached hydrogen (secondary N) is 2. The van der Waals surface area contributed by atoms with E-state index >= 15 is 0 Å². The molecular formula is C19H21N3O5. The van der Waals surface area contributed by atoms with Crippen molar-refractivity contribution < 1.29 is 19.6 Å². The van der Waals surface area contributed by atoms with Gasteiger partial charge in [0.25, 0.3) is 5.69 Å². The number of nitro benzene ring substituents is 1. The van der Waals surface area contributed by atoms with Crippen molar-refractivity contribution in [3.05, 3.63) is 69.8 Å². The van der Waals surface area contributed by atoms with E-state index in [9.17, 15) is 24.8 Å². The van der Waals surface area contributed by atoms with E-state index in [1.807, 2.05) is 31.2 Å². The van der Waals surface area contributed by atoms with Crippen LogP contribution in [0.15, 0.2) is 48.5 Å². The number of carboxylic acid groups (broad SMARTS) is 1. The molecule has 0 bridgehead atoms. The molecule has 0 heterocycles. The number of carbonyl (C=O) groups excluding carboxylic acids is 1. The molecule has 0 fully saturated rings. The molecule has 0 aliphatic heterocycles. The largest absolute Gasteiger partial charge is 0.481 e. The lowest BCUT2D eigenvalue weighted by molar-refractivity contribution is -0.383. The summed E-state index contributed by atoms with van der Waals surface area (Å²) in [5.41, 5.74) is 2.02. The second-order valence-electron chi connectivity index (χ2n) is 6.16. The highest BCUT2D eigenvalue weighted by atomic mass is 16.6. The first-order chi connectivity index (χ1) is 12.9. The van der Waals surface area contributed by atoms with Gasteiger partial charge >= 0.3 is 5.97 Å². The Hall–Kier alpha value is -3.42. The van der Waals surface area contributed by atoms with Gasteiger partial charge in [0.05, 0.1) is 17.4 Å². The van der Waals surface area contributed by atoms with Gasteiger partial charge in [0.1, 0.15) is 5.69 Å². The Morgan fingerprint density at radius 3 is 2.59 bits per heavy atom. The van der Waals surface area contributed by atoms with Gasteiger partial charge in [-0.25, -0.2) is 0 Å². The highest BCUT2D eigenvalue weighted by molar-refractivity contribution is 5.82. The molecule has 2 aromatic carbocycles. The van der Waals surface area contributed by atoms with Crippen LogP contribution in [0.1, 0.15) is 11.1 Å². The van der Waals surface area contributed by atoms with Crippen molar-refractivity contribution in [2.24, 2.45) is 5.92 Å². The molecule has 0 aliphatic carbocycles. The summed E-state index contributed by atoms with van der Waals surface area (Å²) in [5.74, 6) is -2.20. The molecule has 0 saturated heterocycles. The number of hydrogen-bond acceptors (Lipinski definition) is 5. The molecule has 2 rings (SSSR count). The SMILES string of the molecule is Cc1cccc(CC(CNC(=O)CNc2ccccc2[N+](=O)[O-])C(=O)O)c1. The molecule has 0 spiro atoms. The number of anilines is 1. The highest BCUT2D eigenvalue weighted by Gasteiger charge is 2.19. The number of hydrogen-bond donors (Lipinski definition) is 3. The van der Waals surface area contributed by atoms with Crippen LogP contribution in [0.2, 0.25) is 0 Å². The Morgan fingerprint density at radius 1 is 1.19 bits per heavy atom. The summed E-state index contributed by atoms with van der Waals surface area (Å²) in [7, 11) is 0. The van der Waals surface area contributed by atoms with Crippen LogP contribution in [0, 0.1) is 23.0 Å². The van der Waals surface area contributed by atoms with Crippen LogP contribution < -0.4 is 10.6 Å². The molecule has 8 nitrogen and oxygen atoms in total. The Morgan fingerprint density at radius 2 is 1.93 bits per heavy atom. The summed E-state index contributed by atoms with van der Waals surface area (Å²) in [6, 6.07) is 13.5. The first-order valence-corrected chi connectivity index (χ1v) is 8.39. The molecule has 0 aliphatic rings. The van der Waals surface area contributed by atoms with E-state index in [1.54, 1.807) is 6.07 Å². The van der Waals surface area contributed by atoms with E-state index in [-0.39, 0.29) is 24.5 Å². The van der Waals surface area contributed by atoms with Crippen molar-refractivity contribution >= 4 is 23.3 Å². The fourth-order valence-corrected chi connectivity index (χ4v) is 2.63. The maximum atomic E-state index is 12.0. The second-order valence-corrected chi connectivity index (χ2v) is 6.16. The smallest absolute Gasteiger partial charge is 0.308 e. The number of carboxylic acids is 1. The number of amides is 1. The Labute approximate surface area is 156 Å². The van der Waals surface area contributed by atoms with E-state index < -0.39 is 22.7 Å². The number of aliphatic carboxylic acids is 1. The van der Waals surface area contributed by atoms with Crippen molar-refractivity contribution in [2.45, 2.75) is 13.3 Å². The van der Waals surface area contributed by atoms with Crippen LogP contribution in [-0.2, 0) is 16.0 Å². The van der Waals surface area contributed by atoms with Crippen molar-refractivity contribution in [1.29, 1.82) is 0 Å². The van der Waals surface area contributed by atoms with E-state index in [0.29, 0.717) is 6.42 Å². The van der Waals surface area contributed by atoms with Crippen LogP contribution in [0.25, 0.3) is 0 Å². The molecular weight excluding hydrogens is 350 g/mol. The second kappa shape index (κ2) is 9.33. The number of aryl methyl sites for hydroxylation is 1. The first-order valence-electron chi connectivity index (χ1n) is 8.39. The van der Waals surface area contributed by atoms with Gasteiger partial charge in [0, 0.05) is 12.6 Å². The standard InChI is InChI=1S/C19H21N3O5/c1-13-5-4-6-14(9-13)10-15(19(24)25)11-21-18(23)12-20-16-7-2-3-8-17(16)22(26)27/h2-9,15,20H,10-12H2,1H3,(H,21,23)(H,24,25). The van der Waals surface area contributed by atoms with E-state index in [1.165, 1.54) is 18.2 Å². The van der Waals surface area contributed by atoms with Crippen molar-refractivity contribution in [3.8, 4) is 0 Å². The van der Waals surface area contributed by atoms with Crippen molar-refractivity contribution in [1.82, 2.24) is 5.32 Å². The minimum Gasteiger partial charge on any atom is -0.481 e. The predicted molar refractivity (Wildman–Crippen MR) is 101 cm³/mol. The van der Waals surface area contributed by atoms with Gasteiger partial charge in [-0.1, -0.05) is 42.0 Å². The van der Waals surface area contributed by atoms with Crippen LogP contribution in [0.5, 0.6) is 0 Å². The molecule has 8 heteroatoms. The van der Waals surface area contributed by atoms with Gasteiger partial charge < -0.3 is 15.7 Å². The average molecular weight is 371 g/mol. The average Bonchev–Trinajstić information content (AvgIpc) is 2.63. The van der Waals surface area contributed by atoms with Crippen LogP contribution in [0.4, 0.5) is 11.4 Å². The van der Waals surface area contributed by atoms with Crippen LogP contribution in [0.3, 0.4) is 0 Å². The first kappa shape index (κ1) is 19.9. The molecule has 2 aromatic rings. The van der Waals surface area contributed by atoms with Gasteiger partial charge in [-0.05, 0) is 25.0 Å². The number of rotatable bonds is 9. The molecule has 142 valence electrons. The minimum atomic E-state index is -0.997. The number of carbonyl (C=O) groups is 2. The summed E-state index contributed by atoms with van der Waals surface area (Å²) in [5, 5.41) is 25.6. The normalized spacial score (nSPS) is 11.4. The number of benzene rings is 2. The number of nitro groups is 1. The van der Waals surface area contributed by atoms with Gasteiger partial charge in [0.15, 0.2) is 0 Å². The number of nitrogens with zero attached hydrogens (tertiary/aromatic N) is 1. The van der Waals surface area contributed by atoms with Crippen LogP contribution >= 0.6 is 0 Å². The van der Waals surface area contributed by atoms with E-state index in [4.69, 9.17) is 0 Å². The fourth-order valence-electron chi connectivity index (χ4n) is 2.63. The van der Waals surface area contributed by atoms with Crippen LogP contribution in [-0.4, -0.2) is 35.0 Å². The van der Waals surface area contributed by atoms with Gasteiger partial charge in [-0.2, -0.15) is 0 Å². The molecule has 1 amide bonds. The van der Waals surface area contributed by atoms with Crippen molar-refractivity contribution in [3.63, 3.8) is 0 Å². The monoisotopic (exact) mass is 371 g/mol. The van der Waals surface area contributed by atoms with E-state index in [0.717, 1.165) is 11.1 Å². The Bertz CT molecular complexity index is 838. The minimum absolute atomic E-state index is 0.0271. The zero-order valence-corrected chi connectivity index (χ0v) is 14.8. The Kier molecular flexibility index (Phi) is 6.87. The highest BCUT2D eigenvalue weighted by Crippen LogP contribution is 2.22. The maximum Gasteiger partial charge on any atom is 0.308 e. The molecule has 27 heavy (non-hydrogen) atoms. The molecule has 3 N–H and O–H groups in total. The molecule has 0 aromatic heterocycles. The molecule has 0 radical (unpaired) electrons. The van der Waals surface area contributed by atoms with Gasteiger partial charge in [-0.3, -0.25) is 19.7 Å².